The van der Waals surface area contributed by atoms with E-state index in [-0.39, 0.29) is 0 Å². The Morgan fingerprint density at radius 2 is 1.65 bits per heavy atom. The van der Waals surface area contributed by atoms with Crippen molar-refractivity contribution < 1.29 is 9.57 Å². The van der Waals surface area contributed by atoms with Crippen molar-refractivity contribution >= 4 is 10.8 Å². The fraction of sp³-hybridized carbons (Fsp3) is 0. The Labute approximate surface area is 98.9 Å². The van der Waals surface area contributed by atoms with E-state index in [9.17, 15) is 0 Å². The summed E-state index contributed by atoms with van der Waals surface area (Å²) in [5, 5.41) is 2.26. The second-order valence-corrected chi connectivity index (χ2v) is 3.67. The Morgan fingerprint density at radius 3 is 2.53 bits per heavy atom. The molecule has 3 nitrogen and oxygen atoms in total. The summed E-state index contributed by atoms with van der Waals surface area (Å²) in [6.07, 6.45) is 6.90. The van der Waals surface area contributed by atoms with Crippen LogP contribution in [0.15, 0.2) is 67.3 Å². The monoisotopic (exact) mass is 223 g/mol. The summed E-state index contributed by atoms with van der Waals surface area (Å²) >= 11 is 0. The summed E-state index contributed by atoms with van der Waals surface area (Å²) in [5.74, 6) is 0.833. The van der Waals surface area contributed by atoms with Crippen LogP contribution in [0.3, 0.4) is 0 Å². The smallest absolute Gasteiger partial charge is 0.241 e. The third kappa shape index (κ3) is 1.95. The number of benzene rings is 2. The van der Waals surface area contributed by atoms with Gasteiger partial charge < -0.3 is 0 Å². The number of rotatable bonds is 2. The predicted octanol–water partition coefficient (Wildman–Crippen LogP) is 2.36. The molecule has 2 aromatic carbocycles. The van der Waals surface area contributed by atoms with Gasteiger partial charge in [0.1, 0.15) is 0 Å². The lowest BCUT2D eigenvalue weighted by Crippen LogP contribution is -2.38. The van der Waals surface area contributed by atoms with E-state index in [1.54, 1.807) is 29.5 Å². The fourth-order valence-electron chi connectivity index (χ4n) is 1.76. The third-order valence-corrected chi connectivity index (χ3v) is 2.55. The maximum atomic E-state index is 5.77. The minimum Gasteiger partial charge on any atom is -0.252 e. The van der Waals surface area contributed by atoms with Gasteiger partial charge in [0.15, 0.2) is 0 Å². The van der Waals surface area contributed by atoms with Crippen LogP contribution in [-0.4, -0.2) is 4.98 Å². The van der Waals surface area contributed by atoms with Crippen molar-refractivity contribution in [2.24, 2.45) is 0 Å². The average Bonchev–Trinajstić information content (AvgIpc) is 2.40. The van der Waals surface area contributed by atoms with Crippen LogP contribution in [0.2, 0.25) is 0 Å². The molecule has 3 aromatic rings. The van der Waals surface area contributed by atoms with Gasteiger partial charge in [0.05, 0.1) is 12.4 Å². The lowest BCUT2D eigenvalue weighted by atomic mass is 10.1. The Hall–Kier alpha value is -2.42. The van der Waals surface area contributed by atoms with E-state index in [0.717, 1.165) is 11.1 Å². The first-order valence-electron chi connectivity index (χ1n) is 5.41. The van der Waals surface area contributed by atoms with Gasteiger partial charge in [-0.3, -0.25) is 4.98 Å². The van der Waals surface area contributed by atoms with Crippen LogP contribution in [0.1, 0.15) is 0 Å². The number of hydrogen-bond acceptors (Lipinski definition) is 2. The van der Waals surface area contributed by atoms with E-state index in [4.69, 9.17) is 4.84 Å². The van der Waals surface area contributed by atoms with E-state index in [0.29, 0.717) is 0 Å². The molecule has 0 bridgehead atoms. The molecule has 0 fully saturated rings. The molecule has 0 radical (unpaired) electrons. The molecule has 0 aliphatic rings. The van der Waals surface area contributed by atoms with E-state index >= 15 is 0 Å². The minimum absolute atomic E-state index is 0.833. The summed E-state index contributed by atoms with van der Waals surface area (Å²) in [7, 11) is 0. The zero-order valence-corrected chi connectivity index (χ0v) is 9.15. The van der Waals surface area contributed by atoms with E-state index in [2.05, 4.69) is 17.1 Å². The lowest BCUT2D eigenvalue weighted by Gasteiger charge is -2.02. The van der Waals surface area contributed by atoms with Gasteiger partial charge >= 0.3 is 0 Å². The number of hydrogen-bond donors (Lipinski definition) is 0. The van der Waals surface area contributed by atoms with Crippen molar-refractivity contribution in [3.05, 3.63) is 67.3 Å². The number of fused-ring (bicyclic) bond motifs is 1. The number of nitrogens with zero attached hydrogens (tertiary/aromatic N) is 2. The van der Waals surface area contributed by atoms with Gasteiger partial charge in [0.25, 0.3) is 0 Å². The summed E-state index contributed by atoms with van der Waals surface area (Å²) in [6, 6.07) is 14.2. The van der Waals surface area contributed by atoms with Gasteiger partial charge in [-0.1, -0.05) is 36.4 Å². The maximum Gasteiger partial charge on any atom is 0.241 e. The topological polar surface area (TPSA) is 26.0 Å². The van der Waals surface area contributed by atoms with Crippen LogP contribution in [-0.2, 0) is 0 Å². The van der Waals surface area contributed by atoms with Gasteiger partial charge in [0.2, 0.25) is 18.1 Å². The van der Waals surface area contributed by atoms with Gasteiger partial charge in [-0.25, -0.2) is 4.84 Å². The Balaban J connectivity index is 2.06. The van der Waals surface area contributed by atoms with Crippen LogP contribution >= 0.6 is 0 Å². The largest absolute Gasteiger partial charge is 0.252 e. The molecule has 17 heavy (non-hydrogen) atoms. The van der Waals surface area contributed by atoms with Crippen LogP contribution in [0.5, 0.6) is 5.75 Å². The molecule has 0 unspecified atom stereocenters. The first-order chi connectivity index (χ1) is 8.43. The van der Waals surface area contributed by atoms with Crippen molar-refractivity contribution in [2.45, 2.75) is 0 Å². The maximum absolute atomic E-state index is 5.77. The van der Waals surface area contributed by atoms with E-state index in [1.165, 1.54) is 5.39 Å². The lowest BCUT2D eigenvalue weighted by molar-refractivity contribution is -0.875. The second-order valence-electron chi connectivity index (χ2n) is 3.67. The van der Waals surface area contributed by atoms with Crippen molar-refractivity contribution in [1.82, 2.24) is 4.98 Å². The van der Waals surface area contributed by atoms with Crippen LogP contribution in [0.4, 0.5) is 0 Å². The minimum atomic E-state index is 0.833. The summed E-state index contributed by atoms with van der Waals surface area (Å²) in [5.41, 5.74) is 0. The van der Waals surface area contributed by atoms with E-state index in [1.807, 2.05) is 30.3 Å². The molecule has 82 valence electrons. The molecule has 0 N–H and O–H groups in total. The van der Waals surface area contributed by atoms with Gasteiger partial charge in [-0.2, -0.15) is 0 Å². The molecule has 3 heteroatoms. The second kappa shape index (κ2) is 4.22. The highest BCUT2D eigenvalue weighted by Gasteiger charge is 2.06. The zero-order valence-electron chi connectivity index (χ0n) is 9.15. The standard InChI is InChI=1S/C14H11N2O/c1-2-6-13-12(4-1)5-3-7-14(13)17-16-10-8-15-9-11-16/h1-11H/q+1. The first-order valence-corrected chi connectivity index (χ1v) is 5.41. The SMILES string of the molecule is c1ccc2c(O[n+]3ccncc3)cccc2c1. The summed E-state index contributed by atoms with van der Waals surface area (Å²) in [6.45, 7) is 0. The molecule has 0 atom stereocenters. The van der Waals surface area contributed by atoms with Gasteiger partial charge in [-0.05, 0) is 11.5 Å². The zero-order chi connectivity index (χ0) is 11.5. The molecule has 0 saturated carbocycles. The Morgan fingerprint density at radius 1 is 0.882 bits per heavy atom. The normalized spacial score (nSPS) is 10.4. The number of aromatic nitrogens is 2. The molecular formula is C14H11N2O+. The van der Waals surface area contributed by atoms with E-state index < -0.39 is 0 Å². The van der Waals surface area contributed by atoms with Crippen LogP contribution in [0.25, 0.3) is 10.8 Å². The Bertz CT molecular complexity index is 633. The van der Waals surface area contributed by atoms with Gasteiger partial charge in [-0.15, -0.1) is 0 Å². The molecule has 0 spiro atoms. The van der Waals surface area contributed by atoms with Crippen LogP contribution < -0.4 is 9.57 Å². The predicted molar refractivity (Wildman–Crippen MR) is 64.4 cm³/mol. The first kappa shape index (κ1) is 9.78. The van der Waals surface area contributed by atoms with Crippen molar-refractivity contribution in [2.75, 3.05) is 0 Å². The Kier molecular flexibility index (Phi) is 2.43. The molecule has 0 aliphatic heterocycles. The third-order valence-electron chi connectivity index (χ3n) is 2.55. The van der Waals surface area contributed by atoms with Crippen molar-refractivity contribution in [1.29, 1.82) is 0 Å². The molecule has 0 amide bonds. The summed E-state index contributed by atoms with van der Waals surface area (Å²) < 4.78 is 1.63. The molecule has 0 aliphatic carbocycles. The quantitative estimate of drug-likeness (QED) is 0.623. The molecule has 1 aromatic heterocycles. The average molecular weight is 223 g/mol. The molecule has 0 saturated heterocycles. The molecular weight excluding hydrogens is 212 g/mol. The van der Waals surface area contributed by atoms with Crippen molar-refractivity contribution in [3.63, 3.8) is 0 Å². The highest BCUT2D eigenvalue weighted by atomic mass is 16.7. The van der Waals surface area contributed by atoms with Crippen molar-refractivity contribution in [3.8, 4) is 5.75 Å². The highest BCUT2D eigenvalue weighted by molar-refractivity contribution is 5.88. The highest BCUT2D eigenvalue weighted by Crippen LogP contribution is 2.24. The van der Waals surface area contributed by atoms with Gasteiger partial charge in [0, 0.05) is 10.1 Å². The molecule has 1 heterocycles. The fourth-order valence-corrected chi connectivity index (χ4v) is 1.76. The summed E-state index contributed by atoms with van der Waals surface area (Å²) in [4.78, 5) is 9.72. The molecule has 3 rings (SSSR count). The van der Waals surface area contributed by atoms with Crippen LogP contribution in [0, 0.1) is 0 Å².